The minimum absolute atomic E-state index is 0.0593. The predicted molar refractivity (Wildman–Crippen MR) is 71.0 cm³/mol. The van der Waals surface area contributed by atoms with Crippen LogP contribution in [0.15, 0.2) is 24.3 Å². The van der Waals surface area contributed by atoms with E-state index < -0.39 is 11.8 Å². The van der Waals surface area contributed by atoms with Gasteiger partial charge in [-0.2, -0.15) is 0 Å². The van der Waals surface area contributed by atoms with Crippen molar-refractivity contribution in [3.8, 4) is 5.75 Å². The van der Waals surface area contributed by atoms with E-state index in [1.54, 1.807) is 6.07 Å². The molecule has 20 heavy (non-hydrogen) atoms. The van der Waals surface area contributed by atoms with Gasteiger partial charge in [-0.1, -0.05) is 13.0 Å². The van der Waals surface area contributed by atoms with Crippen molar-refractivity contribution in [3.63, 3.8) is 0 Å². The third-order valence-corrected chi connectivity index (χ3v) is 2.55. The molecule has 0 aliphatic heterocycles. The molecule has 0 heterocycles. The molecule has 1 N–H and O–H groups in total. The molecule has 1 amide bonds. The zero-order chi connectivity index (χ0) is 15.0. The van der Waals surface area contributed by atoms with E-state index in [2.05, 4.69) is 0 Å². The largest absolute Gasteiger partial charge is 0.493 e. The van der Waals surface area contributed by atoms with Crippen LogP contribution in [-0.4, -0.2) is 41.6 Å². The van der Waals surface area contributed by atoms with Crippen LogP contribution in [0.3, 0.4) is 0 Å². The Kier molecular flexibility index (Phi) is 6.49. The number of hydrogen-bond donors (Lipinski definition) is 1. The molecule has 0 spiro atoms. The highest BCUT2D eigenvalue weighted by Crippen LogP contribution is 2.12. The molecule has 0 unspecified atom stereocenters. The summed E-state index contributed by atoms with van der Waals surface area (Å²) < 4.78 is 18.2. The monoisotopic (exact) mass is 283 g/mol. The summed E-state index contributed by atoms with van der Waals surface area (Å²) in [6.07, 6.45) is 0.744. The van der Waals surface area contributed by atoms with Crippen molar-refractivity contribution in [2.45, 2.75) is 19.8 Å². The molecule has 0 aromatic heterocycles. The van der Waals surface area contributed by atoms with E-state index in [4.69, 9.17) is 9.84 Å². The van der Waals surface area contributed by atoms with Crippen molar-refractivity contribution < 1.29 is 23.8 Å². The van der Waals surface area contributed by atoms with E-state index >= 15 is 0 Å². The molecule has 0 atom stereocenters. The minimum Gasteiger partial charge on any atom is -0.493 e. The van der Waals surface area contributed by atoms with Crippen LogP contribution in [0.5, 0.6) is 5.75 Å². The molecule has 0 bridgehead atoms. The van der Waals surface area contributed by atoms with Gasteiger partial charge in [-0.3, -0.25) is 9.59 Å². The van der Waals surface area contributed by atoms with Crippen LogP contribution in [0.2, 0.25) is 0 Å². The Balaban J connectivity index is 2.42. The molecule has 1 rings (SSSR count). The first-order chi connectivity index (χ1) is 9.52. The third kappa shape index (κ3) is 5.69. The van der Waals surface area contributed by atoms with E-state index in [1.165, 1.54) is 23.1 Å². The predicted octanol–water partition coefficient (Wildman–Crippen LogP) is 1.92. The van der Waals surface area contributed by atoms with E-state index in [-0.39, 0.29) is 25.5 Å². The van der Waals surface area contributed by atoms with Gasteiger partial charge in [0.25, 0.3) is 0 Å². The highest BCUT2D eigenvalue weighted by Gasteiger charge is 2.15. The lowest BCUT2D eigenvalue weighted by molar-refractivity contribution is -0.144. The molecule has 1 aromatic carbocycles. The number of hydrogen-bond acceptors (Lipinski definition) is 3. The second-order valence-electron chi connectivity index (χ2n) is 4.26. The summed E-state index contributed by atoms with van der Waals surface area (Å²) in [6, 6.07) is 5.63. The number of nitrogens with zero attached hydrogens (tertiary/aromatic N) is 1. The number of carboxylic acids is 1. The average Bonchev–Trinajstić information content (AvgIpc) is 2.37. The van der Waals surface area contributed by atoms with Crippen LogP contribution in [0, 0.1) is 5.82 Å². The lowest BCUT2D eigenvalue weighted by Crippen LogP contribution is -2.36. The maximum Gasteiger partial charge on any atom is 0.323 e. The maximum atomic E-state index is 12.9. The van der Waals surface area contributed by atoms with Gasteiger partial charge in [-0.25, -0.2) is 4.39 Å². The SMILES string of the molecule is CCCN(CC(=O)O)C(=O)CCOc1cccc(F)c1. The van der Waals surface area contributed by atoms with Gasteiger partial charge in [-0.15, -0.1) is 0 Å². The fourth-order valence-electron chi connectivity index (χ4n) is 1.70. The van der Waals surface area contributed by atoms with Gasteiger partial charge in [0.1, 0.15) is 18.1 Å². The first kappa shape index (κ1) is 15.9. The van der Waals surface area contributed by atoms with Crippen LogP contribution in [0.25, 0.3) is 0 Å². The Bertz CT molecular complexity index is 464. The molecule has 0 aliphatic carbocycles. The highest BCUT2D eigenvalue weighted by atomic mass is 19.1. The van der Waals surface area contributed by atoms with Crippen LogP contribution in [-0.2, 0) is 9.59 Å². The van der Waals surface area contributed by atoms with E-state index in [9.17, 15) is 14.0 Å². The second-order valence-corrected chi connectivity index (χ2v) is 4.26. The van der Waals surface area contributed by atoms with Gasteiger partial charge in [0.15, 0.2) is 0 Å². The average molecular weight is 283 g/mol. The van der Waals surface area contributed by atoms with Gasteiger partial charge < -0.3 is 14.7 Å². The number of benzene rings is 1. The summed E-state index contributed by atoms with van der Waals surface area (Å²) in [5, 5.41) is 8.73. The van der Waals surface area contributed by atoms with E-state index in [0.717, 1.165) is 0 Å². The van der Waals surface area contributed by atoms with Gasteiger partial charge >= 0.3 is 5.97 Å². The van der Waals surface area contributed by atoms with Crippen LogP contribution >= 0.6 is 0 Å². The van der Waals surface area contributed by atoms with E-state index in [1.807, 2.05) is 6.92 Å². The quantitative estimate of drug-likeness (QED) is 0.791. The molecule has 0 aliphatic rings. The third-order valence-electron chi connectivity index (χ3n) is 2.55. The van der Waals surface area contributed by atoms with Crippen LogP contribution < -0.4 is 4.74 Å². The molecule has 110 valence electrons. The fourth-order valence-corrected chi connectivity index (χ4v) is 1.70. The smallest absolute Gasteiger partial charge is 0.323 e. The second kappa shape index (κ2) is 8.14. The van der Waals surface area contributed by atoms with Crippen LogP contribution in [0.4, 0.5) is 4.39 Å². The molecule has 0 radical (unpaired) electrons. The number of carbonyl (C=O) groups excluding carboxylic acids is 1. The normalized spacial score (nSPS) is 10.1. The number of aliphatic carboxylic acids is 1. The summed E-state index contributed by atoms with van der Waals surface area (Å²) in [5.41, 5.74) is 0. The van der Waals surface area contributed by atoms with Gasteiger partial charge in [0.2, 0.25) is 5.91 Å². The van der Waals surface area contributed by atoms with Gasteiger partial charge in [0, 0.05) is 12.6 Å². The standard InChI is InChI=1S/C14H18FNO4/c1-2-7-16(10-14(18)19)13(17)6-8-20-12-5-3-4-11(15)9-12/h3-5,9H,2,6-8,10H2,1H3,(H,18,19). The first-order valence-corrected chi connectivity index (χ1v) is 6.41. The number of rotatable bonds is 8. The molecular formula is C14H18FNO4. The fraction of sp³-hybridized carbons (Fsp3) is 0.429. The van der Waals surface area contributed by atoms with Crippen molar-refractivity contribution in [3.05, 3.63) is 30.1 Å². The first-order valence-electron chi connectivity index (χ1n) is 6.41. The summed E-state index contributed by atoms with van der Waals surface area (Å²) in [6.45, 7) is 2.03. The van der Waals surface area contributed by atoms with Crippen molar-refractivity contribution >= 4 is 11.9 Å². The van der Waals surface area contributed by atoms with Crippen molar-refractivity contribution in [1.29, 1.82) is 0 Å². The lowest BCUT2D eigenvalue weighted by Gasteiger charge is -2.19. The molecule has 5 nitrogen and oxygen atoms in total. The Labute approximate surface area is 117 Å². The minimum atomic E-state index is -1.04. The number of ether oxygens (including phenoxy) is 1. The number of carbonyl (C=O) groups is 2. The zero-order valence-electron chi connectivity index (χ0n) is 11.3. The van der Waals surface area contributed by atoms with Crippen molar-refractivity contribution in [2.75, 3.05) is 19.7 Å². The molecule has 1 aromatic rings. The number of halogens is 1. The molecule has 6 heteroatoms. The Morgan fingerprint density at radius 1 is 1.40 bits per heavy atom. The summed E-state index contributed by atoms with van der Waals surface area (Å²) >= 11 is 0. The van der Waals surface area contributed by atoms with E-state index in [0.29, 0.717) is 18.7 Å². The molecule has 0 saturated carbocycles. The highest BCUT2D eigenvalue weighted by molar-refractivity contribution is 5.81. The van der Waals surface area contributed by atoms with Gasteiger partial charge in [0.05, 0.1) is 13.0 Å². The topological polar surface area (TPSA) is 66.8 Å². The molecule has 0 saturated heterocycles. The number of carboxylic acid groups (broad SMARTS) is 1. The van der Waals surface area contributed by atoms with Gasteiger partial charge in [-0.05, 0) is 18.6 Å². The summed E-state index contributed by atoms with van der Waals surface area (Å²) in [7, 11) is 0. The van der Waals surface area contributed by atoms with Crippen LogP contribution in [0.1, 0.15) is 19.8 Å². The summed E-state index contributed by atoms with van der Waals surface area (Å²) in [5.74, 6) is -1.39. The van der Waals surface area contributed by atoms with Crippen molar-refractivity contribution in [2.24, 2.45) is 0 Å². The molecule has 0 fully saturated rings. The Morgan fingerprint density at radius 2 is 2.15 bits per heavy atom. The zero-order valence-corrected chi connectivity index (χ0v) is 11.3. The summed E-state index contributed by atoms with van der Waals surface area (Å²) in [4.78, 5) is 23.8. The number of amides is 1. The Hall–Kier alpha value is -2.11. The lowest BCUT2D eigenvalue weighted by atomic mass is 10.3. The van der Waals surface area contributed by atoms with Crippen molar-refractivity contribution in [1.82, 2.24) is 4.90 Å². The Morgan fingerprint density at radius 3 is 2.75 bits per heavy atom. The molecular weight excluding hydrogens is 265 g/mol. The maximum absolute atomic E-state index is 12.9.